The van der Waals surface area contributed by atoms with Crippen molar-refractivity contribution in [3.8, 4) is 0 Å². The molecule has 0 spiro atoms. The lowest BCUT2D eigenvalue weighted by Gasteiger charge is -2.26. The van der Waals surface area contributed by atoms with E-state index in [0.29, 0.717) is 31.6 Å². The average Bonchev–Trinajstić information content (AvgIpc) is 2.65. The zero-order valence-corrected chi connectivity index (χ0v) is 8.77. The molecule has 0 N–H and O–H groups in total. The van der Waals surface area contributed by atoms with Crippen LogP contribution >= 0.6 is 0 Å². The second-order valence-corrected chi connectivity index (χ2v) is 3.84. The zero-order valence-electron chi connectivity index (χ0n) is 8.77. The summed E-state index contributed by atoms with van der Waals surface area (Å²) in [5, 5.41) is 0. The first-order valence-electron chi connectivity index (χ1n) is 5.11. The van der Waals surface area contributed by atoms with Gasteiger partial charge in [0.25, 0.3) is 5.91 Å². The van der Waals surface area contributed by atoms with E-state index in [1.807, 2.05) is 19.3 Å². The first kappa shape index (κ1) is 9.96. The quantitative estimate of drug-likeness (QED) is 0.683. The minimum absolute atomic E-state index is 0.0231. The Morgan fingerprint density at radius 2 is 2.00 bits per heavy atom. The van der Waals surface area contributed by atoms with Crippen molar-refractivity contribution in [1.82, 2.24) is 9.47 Å². The molecule has 1 aliphatic heterocycles. The van der Waals surface area contributed by atoms with Crippen LogP contribution in [0.2, 0.25) is 0 Å². The van der Waals surface area contributed by atoms with Crippen molar-refractivity contribution in [2.45, 2.75) is 12.8 Å². The lowest BCUT2D eigenvalue weighted by atomic mass is 10.1. The number of Topliss-reactive ketones (excluding diaryl/α,β-unsaturated/α-hetero) is 1. The van der Waals surface area contributed by atoms with Gasteiger partial charge in [0.05, 0.1) is 0 Å². The normalized spacial score (nSPS) is 16.9. The smallest absolute Gasteiger partial charge is 0.270 e. The van der Waals surface area contributed by atoms with Gasteiger partial charge in [-0.25, -0.2) is 0 Å². The van der Waals surface area contributed by atoms with E-state index in [0.717, 1.165) is 0 Å². The first-order valence-corrected chi connectivity index (χ1v) is 5.11. The lowest BCUT2D eigenvalue weighted by Crippen LogP contribution is -2.39. The molecule has 4 nitrogen and oxygen atoms in total. The van der Waals surface area contributed by atoms with Crippen molar-refractivity contribution >= 4 is 11.7 Å². The maximum Gasteiger partial charge on any atom is 0.270 e. The van der Waals surface area contributed by atoms with Crippen molar-refractivity contribution in [2.75, 3.05) is 13.1 Å². The van der Waals surface area contributed by atoms with Gasteiger partial charge < -0.3 is 9.47 Å². The molecule has 1 aliphatic rings. The van der Waals surface area contributed by atoms with Gasteiger partial charge in [-0.15, -0.1) is 0 Å². The number of nitrogens with zero attached hydrogens (tertiary/aromatic N) is 2. The predicted octanol–water partition coefficient (Wildman–Crippen LogP) is 0.830. The minimum atomic E-state index is 0.0231. The number of ketones is 1. The molecule has 1 aromatic heterocycles. The molecular weight excluding hydrogens is 192 g/mol. The Labute approximate surface area is 88.5 Å². The molecule has 2 rings (SSSR count). The summed E-state index contributed by atoms with van der Waals surface area (Å²) >= 11 is 0. The van der Waals surface area contributed by atoms with Crippen LogP contribution in [0.3, 0.4) is 0 Å². The van der Waals surface area contributed by atoms with Gasteiger partial charge in [0.2, 0.25) is 0 Å². The highest BCUT2D eigenvalue weighted by Crippen LogP contribution is 2.11. The summed E-state index contributed by atoms with van der Waals surface area (Å²) in [5.41, 5.74) is 0.685. The molecule has 1 fully saturated rings. The van der Waals surface area contributed by atoms with Crippen LogP contribution in [0.1, 0.15) is 23.3 Å². The van der Waals surface area contributed by atoms with Crippen molar-refractivity contribution in [1.29, 1.82) is 0 Å². The Kier molecular flexibility index (Phi) is 2.58. The van der Waals surface area contributed by atoms with Gasteiger partial charge in [0.15, 0.2) is 0 Å². The van der Waals surface area contributed by atoms with Crippen LogP contribution in [0.25, 0.3) is 0 Å². The maximum absolute atomic E-state index is 12.0. The Morgan fingerprint density at radius 3 is 2.53 bits per heavy atom. The second-order valence-electron chi connectivity index (χ2n) is 3.84. The van der Waals surface area contributed by atoms with Crippen LogP contribution in [0.4, 0.5) is 0 Å². The van der Waals surface area contributed by atoms with Crippen LogP contribution in [0.5, 0.6) is 0 Å². The minimum Gasteiger partial charge on any atom is -0.347 e. The molecule has 2 heterocycles. The molecule has 0 bridgehead atoms. The van der Waals surface area contributed by atoms with E-state index in [1.165, 1.54) is 0 Å². The number of aromatic nitrogens is 1. The Balaban J connectivity index is 2.09. The van der Waals surface area contributed by atoms with Crippen molar-refractivity contribution in [2.24, 2.45) is 7.05 Å². The van der Waals surface area contributed by atoms with Crippen LogP contribution in [0.15, 0.2) is 18.3 Å². The first-order chi connectivity index (χ1) is 7.18. The number of hydrogen-bond donors (Lipinski definition) is 0. The van der Waals surface area contributed by atoms with E-state index < -0.39 is 0 Å². The molecule has 0 unspecified atom stereocenters. The average molecular weight is 206 g/mol. The highest BCUT2D eigenvalue weighted by molar-refractivity contribution is 5.94. The lowest BCUT2D eigenvalue weighted by molar-refractivity contribution is -0.120. The highest BCUT2D eigenvalue weighted by atomic mass is 16.2. The number of aryl methyl sites for hydroxylation is 1. The van der Waals surface area contributed by atoms with E-state index in [1.54, 1.807) is 15.5 Å². The molecule has 1 saturated heterocycles. The number of piperidine rings is 1. The van der Waals surface area contributed by atoms with E-state index >= 15 is 0 Å². The molecular formula is C11H14N2O2. The van der Waals surface area contributed by atoms with Crippen molar-refractivity contribution in [3.05, 3.63) is 24.0 Å². The van der Waals surface area contributed by atoms with Crippen molar-refractivity contribution in [3.63, 3.8) is 0 Å². The third kappa shape index (κ3) is 1.93. The summed E-state index contributed by atoms with van der Waals surface area (Å²) in [5.74, 6) is 0.279. The number of carbonyl (C=O) groups is 2. The van der Waals surface area contributed by atoms with Gasteiger partial charge in [0.1, 0.15) is 11.5 Å². The van der Waals surface area contributed by atoms with Crippen LogP contribution in [-0.2, 0) is 11.8 Å². The van der Waals surface area contributed by atoms with Crippen LogP contribution in [0, 0.1) is 0 Å². The number of amides is 1. The largest absolute Gasteiger partial charge is 0.347 e. The number of likely N-dealkylation sites (tertiary alicyclic amines) is 1. The van der Waals surface area contributed by atoms with Crippen LogP contribution in [-0.4, -0.2) is 34.2 Å². The Hall–Kier alpha value is -1.58. The maximum atomic E-state index is 12.0. The van der Waals surface area contributed by atoms with Gasteiger partial charge in [-0.1, -0.05) is 0 Å². The monoisotopic (exact) mass is 206 g/mol. The summed E-state index contributed by atoms with van der Waals surface area (Å²) in [7, 11) is 1.85. The highest BCUT2D eigenvalue weighted by Gasteiger charge is 2.22. The van der Waals surface area contributed by atoms with E-state index in [2.05, 4.69) is 0 Å². The molecule has 4 heteroatoms. The summed E-state index contributed by atoms with van der Waals surface area (Å²) in [6, 6.07) is 3.65. The second kappa shape index (κ2) is 3.88. The van der Waals surface area contributed by atoms with E-state index in [4.69, 9.17) is 0 Å². The molecule has 80 valence electrons. The molecule has 0 aromatic carbocycles. The molecule has 0 aliphatic carbocycles. The summed E-state index contributed by atoms with van der Waals surface area (Å²) in [6.45, 7) is 1.12. The van der Waals surface area contributed by atoms with Gasteiger partial charge in [-0.2, -0.15) is 0 Å². The van der Waals surface area contributed by atoms with Gasteiger partial charge in [-0.3, -0.25) is 9.59 Å². The number of carbonyl (C=O) groups excluding carboxylic acids is 2. The molecule has 15 heavy (non-hydrogen) atoms. The third-order valence-corrected chi connectivity index (χ3v) is 2.77. The molecule has 0 atom stereocenters. The molecule has 1 amide bonds. The third-order valence-electron chi connectivity index (χ3n) is 2.77. The molecule has 1 aromatic rings. The topological polar surface area (TPSA) is 42.3 Å². The fourth-order valence-corrected chi connectivity index (χ4v) is 1.80. The van der Waals surface area contributed by atoms with E-state index in [-0.39, 0.29) is 11.7 Å². The fourth-order valence-electron chi connectivity index (χ4n) is 1.80. The summed E-state index contributed by atoms with van der Waals surface area (Å²) in [6.07, 6.45) is 2.84. The molecule has 0 radical (unpaired) electrons. The van der Waals surface area contributed by atoms with Crippen molar-refractivity contribution < 1.29 is 9.59 Å². The fraction of sp³-hybridized carbons (Fsp3) is 0.455. The number of rotatable bonds is 1. The SMILES string of the molecule is Cn1cccc1C(=O)N1CCC(=O)CC1. The predicted molar refractivity (Wildman–Crippen MR) is 55.6 cm³/mol. The summed E-state index contributed by atoms with van der Waals surface area (Å²) in [4.78, 5) is 24.8. The number of hydrogen-bond acceptors (Lipinski definition) is 2. The van der Waals surface area contributed by atoms with Crippen LogP contribution < -0.4 is 0 Å². The Morgan fingerprint density at radius 1 is 1.33 bits per heavy atom. The zero-order chi connectivity index (χ0) is 10.8. The van der Waals surface area contributed by atoms with Gasteiger partial charge in [0, 0.05) is 39.2 Å². The van der Waals surface area contributed by atoms with Gasteiger partial charge >= 0.3 is 0 Å². The molecule has 0 saturated carbocycles. The summed E-state index contributed by atoms with van der Waals surface area (Å²) < 4.78 is 1.80. The van der Waals surface area contributed by atoms with E-state index in [9.17, 15) is 9.59 Å². The Bertz CT molecular complexity index is 385. The standard InChI is InChI=1S/C11H14N2O2/c1-12-6-2-3-10(12)11(15)13-7-4-9(14)5-8-13/h2-3,6H,4-5,7-8H2,1H3. The van der Waals surface area contributed by atoms with Gasteiger partial charge in [-0.05, 0) is 12.1 Å².